The highest BCUT2D eigenvalue weighted by atomic mass is 32.2. The van der Waals surface area contributed by atoms with Gasteiger partial charge in [0.15, 0.2) is 5.96 Å². The van der Waals surface area contributed by atoms with Crippen LogP contribution in [0.1, 0.15) is 57.1 Å². The number of rotatable bonds is 18. The summed E-state index contributed by atoms with van der Waals surface area (Å²) in [7, 11) is 0. The van der Waals surface area contributed by atoms with Crippen molar-refractivity contribution in [2.24, 2.45) is 28.1 Å². The summed E-state index contributed by atoms with van der Waals surface area (Å²) >= 11 is 1.81. The second-order valence-electron chi connectivity index (χ2n) is 12.9. The molecule has 0 bridgehead atoms. The Morgan fingerprint density at radius 1 is 0.776 bits per heavy atom. The van der Waals surface area contributed by atoms with E-state index in [1.807, 2.05) is 91.2 Å². The van der Waals surface area contributed by atoms with Crippen molar-refractivity contribution in [2.45, 2.75) is 83.0 Å². The molecule has 0 saturated carbocycles. The number of carbonyl (C=O) groups excluding carboxylic acids is 4. The standard InChI is InChI=1S/C36H54N8O4S/c1-25(2)22-30(33(46)41-29(16-9-10-17-40-36(38)39)35(48)44-18-11-20-49-21-19-44)43-34(47)31(24-27-14-7-4-8-15-27)42-32(45)28(37)23-26-12-5-3-6-13-26/h3-8,12-15,25,28-31H,9-11,16-24,37H2,1-2H3,(H,41,46)(H,42,45)(H,43,47)(H4,38,39,40)/t28-,29-,30-,31-/m1/s1. The van der Waals surface area contributed by atoms with Crippen molar-refractivity contribution in [3.05, 3.63) is 71.8 Å². The number of aliphatic imine (C=N–C) groups is 1. The Kier molecular flexibility index (Phi) is 16.9. The second-order valence-corrected chi connectivity index (χ2v) is 14.1. The van der Waals surface area contributed by atoms with Gasteiger partial charge in [0, 0.05) is 31.8 Å². The first kappa shape index (κ1) is 39.3. The van der Waals surface area contributed by atoms with Crippen LogP contribution in [0, 0.1) is 5.92 Å². The van der Waals surface area contributed by atoms with Crippen LogP contribution in [-0.2, 0) is 32.0 Å². The van der Waals surface area contributed by atoms with Crippen molar-refractivity contribution in [1.29, 1.82) is 0 Å². The fourth-order valence-corrected chi connectivity index (χ4v) is 6.55. The molecule has 4 atom stereocenters. The minimum Gasteiger partial charge on any atom is -0.370 e. The van der Waals surface area contributed by atoms with Crippen LogP contribution < -0.4 is 33.2 Å². The minimum atomic E-state index is -0.984. The quantitative estimate of drug-likeness (QED) is 0.0770. The summed E-state index contributed by atoms with van der Waals surface area (Å²) in [5, 5.41) is 8.72. The van der Waals surface area contributed by atoms with Gasteiger partial charge in [-0.3, -0.25) is 24.2 Å². The van der Waals surface area contributed by atoms with Gasteiger partial charge in [0.2, 0.25) is 23.6 Å². The van der Waals surface area contributed by atoms with Crippen LogP contribution in [0.5, 0.6) is 0 Å². The summed E-state index contributed by atoms with van der Waals surface area (Å²) in [5.41, 5.74) is 18.9. The Morgan fingerprint density at radius 2 is 1.37 bits per heavy atom. The van der Waals surface area contributed by atoms with E-state index in [9.17, 15) is 19.2 Å². The molecule has 2 aromatic rings. The molecule has 3 rings (SSSR count). The number of unbranched alkanes of at least 4 members (excludes halogenated alkanes) is 1. The fourth-order valence-electron chi connectivity index (χ4n) is 5.66. The highest BCUT2D eigenvalue weighted by Crippen LogP contribution is 2.15. The molecule has 12 nitrogen and oxygen atoms in total. The van der Waals surface area contributed by atoms with Gasteiger partial charge in [-0.2, -0.15) is 11.8 Å². The van der Waals surface area contributed by atoms with Crippen LogP contribution in [-0.4, -0.2) is 89.8 Å². The smallest absolute Gasteiger partial charge is 0.245 e. The second kappa shape index (κ2) is 21.1. The maximum absolute atomic E-state index is 13.9. The average molecular weight is 695 g/mol. The number of nitrogens with one attached hydrogen (secondary N) is 3. The van der Waals surface area contributed by atoms with Crippen molar-refractivity contribution >= 4 is 41.4 Å². The van der Waals surface area contributed by atoms with Gasteiger partial charge in [-0.15, -0.1) is 0 Å². The summed E-state index contributed by atoms with van der Waals surface area (Å²) in [6.45, 7) is 5.58. The predicted molar refractivity (Wildman–Crippen MR) is 197 cm³/mol. The zero-order chi connectivity index (χ0) is 35.6. The van der Waals surface area contributed by atoms with E-state index in [1.54, 1.807) is 0 Å². The minimum absolute atomic E-state index is 0.00945. The number of hydrogen-bond donors (Lipinski definition) is 6. The predicted octanol–water partition coefficient (Wildman–Crippen LogP) is 1.71. The maximum Gasteiger partial charge on any atom is 0.245 e. The Balaban J connectivity index is 1.77. The Hall–Kier alpha value is -4.10. The van der Waals surface area contributed by atoms with Crippen LogP contribution in [0.4, 0.5) is 0 Å². The fraction of sp³-hybridized carbons (Fsp3) is 0.528. The maximum atomic E-state index is 13.9. The molecule has 4 amide bonds. The van der Waals surface area contributed by atoms with Gasteiger partial charge in [-0.1, -0.05) is 74.5 Å². The summed E-state index contributed by atoms with van der Waals surface area (Å²) in [5.74, 6) is 0.338. The first-order valence-corrected chi connectivity index (χ1v) is 18.4. The third-order valence-electron chi connectivity index (χ3n) is 8.23. The molecule has 1 fully saturated rings. The van der Waals surface area contributed by atoms with Crippen LogP contribution in [0.3, 0.4) is 0 Å². The van der Waals surface area contributed by atoms with E-state index < -0.39 is 41.9 Å². The zero-order valence-corrected chi connectivity index (χ0v) is 29.6. The number of guanidine groups is 1. The van der Waals surface area contributed by atoms with Crippen molar-refractivity contribution < 1.29 is 19.2 Å². The Morgan fingerprint density at radius 3 is 2.00 bits per heavy atom. The van der Waals surface area contributed by atoms with Gasteiger partial charge in [0.05, 0.1) is 6.04 Å². The lowest BCUT2D eigenvalue weighted by molar-refractivity contribution is -0.138. The molecule has 13 heteroatoms. The van der Waals surface area contributed by atoms with E-state index in [0.29, 0.717) is 51.7 Å². The monoisotopic (exact) mass is 694 g/mol. The van der Waals surface area contributed by atoms with Gasteiger partial charge in [-0.05, 0) is 61.3 Å². The highest BCUT2D eigenvalue weighted by Gasteiger charge is 2.32. The molecule has 1 saturated heterocycles. The molecular formula is C36H54N8O4S. The number of carbonyl (C=O) groups is 4. The summed E-state index contributed by atoms with van der Waals surface area (Å²) in [6.07, 6.45) is 3.40. The molecule has 1 heterocycles. The molecule has 0 aromatic heterocycles. The van der Waals surface area contributed by atoms with Crippen LogP contribution in [0.15, 0.2) is 65.7 Å². The van der Waals surface area contributed by atoms with E-state index in [-0.39, 0.29) is 24.2 Å². The van der Waals surface area contributed by atoms with Crippen molar-refractivity contribution in [2.75, 3.05) is 31.1 Å². The van der Waals surface area contributed by atoms with Crippen molar-refractivity contribution in [3.8, 4) is 0 Å². The summed E-state index contributed by atoms with van der Waals surface area (Å²) < 4.78 is 0. The highest BCUT2D eigenvalue weighted by molar-refractivity contribution is 7.99. The molecule has 49 heavy (non-hydrogen) atoms. The molecule has 0 spiro atoms. The van der Waals surface area contributed by atoms with Gasteiger partial charge < -0.3 is 38.1 Å². The SMILES string of the molecule is CC(C)C[C@@H](NC(=O)[C@@H](Cc1ccccc1)NC(=O)[C@H](N)Cc1ccccc1)C(=O)N[C@H](CCCCN=C(N)N)C(=O)N1CCCSCC1. The third-order valence-corrected chi connectivity index (χ3v) is 9.28. The van der Waals surface area contributed by atoms with Crippen LogP contribution in [0.2, 0.25) is 0 Å². The molecule has 2 aromatic carbocycles. The average Bonchev–Trinajstić information content (AvgIpc) is 3.37. The molecule has 0 radical (unpaired) electrons. The van der Waals surface area contributed by atoms with Gasteiger partial charge in [-0.25, -0.2) is 0 Å². The largest absolute Gasteiger partial charge is 0.370 e. The lowest BCUT2D eigenvalue weighted by Crippen LogP contribution is -2.58. The molecule has 0 unspecified atom stereocenters. The lowest BCUT2D eigenvalue weighted by Gasteiger charge is -2.29. The molecule has 9 N–H and O–H groups in total. The van der Waals surface area contributed by atoms with Crippen LogP contribution >= 0.6 is 11.8 Å². The normalized spacial score (nSPS) is 15.6. The Labute approximate surface area is 294 Å². The number of amides is 4. The number of nitrogens with zero attached hydrogens (tertiary/aromatic N) is 2. The van der Waals surface area contributed by atoms with E-state index in [0.717, 1.165) is 29.1 Å². The Bertz CT molecular complexity index is 1350. The molecule has 0 aliphatic carbocycles. The number of hydrogen-bond acceptors (Lipinski definition) is 7. The van der Waals surface area contributed by atoms with Crippen molar-refractivity contribution in [3.63, 3.8) is 0 Å². The van der Waals surface area contributed by atoms with Crippen LogP contribution in [0.25, 0.3) is 0 Å². The molecule has 268 valence electrons. The number of benzene rings is 2. The van der Waals surface area contributed by atoms with Gasteiger partial charge >= 0.3 is 0 Å². The summed E-state index contributed by atoms with van der Waals surface area (Å²) in [6, 6.07) is 15.2. The van der Waals surface area contributed by atoms with E-state index in [1.165, 1.54) is 0 Å². The first-order chi connectivity index (χ1) is 23.5. The van der Waals surface area contributed by atoms with Gasteiger partial charge in [0.25, 0.3) is 0 Å². The topological polar surface area (TPSA) is 198 Å². The third kappa shape index (κ3) is 14.5. The number of thioether (sulfide) groups is 1. The number of nitrogens with two attached hydrogens (primary N) is 3. The zero-order valence-electron chi connectivity index (χ0n) is 28.8. The molecule has 1 aliphatic rings. The van der Waals surface area contributed by atoms with E-state index >= 15 is 0 Å². The first-order valence-electron chi connectivity index (χ1n) is 17.2. The van der Waals surface area contributed by atoms with E-state index in [4.69, 9.17) is 17.2 Å². The molecular weight excluding hydrogens is 641 g/mol. The lowest BCUT2D eigenvalue weighted by atomic mass is 9.99. The van der Waals surface area contributed by atoms with Crippen molar-refractivity contribution in [1.82, 2.24) is 20.9 Å². The van der Waals surface area contributed by atoms with E-state index in [2.05, 4.69) is 20.9 Å². The molecule has 1 aliphatic heterocycles. The van der Waals surface area contributed by atoms with Gasteiger partial charge in [0.1, 0.15) is 18.1 Å². The summed E-state index contributed by atoms with van der Waals surface area (Å²) in [4.78, 5) is 60.7.